The molecule has 0 aliphatic heterocycles. The smallest absolute Gasteiger partial charge is 0.274 e. The summed E-state index contributed by atoms with van der Waals surface area (Å²) < 4.78 is 13.2. The van der Waals surface area contributed by atoms with E-state index in [0.29, 0.717) is 18.1 Å². The first kappa shape index (κ1) is 16.6. The van der Waals surface area contributed by atoms with Gasteiger partial charge >= 0.3 is 0 Å². The van der Waals surface area contributed by atoms with Crippen LogP contribution in [0.5, 0.6) is 0 Å². The van der Waals surface area contributed by atoms with Crippen LogP contribution in [-0.4, -0.2) is 22.4 Å². The molecule has 0 unspecified atom stereocenters. The van der Waals surface area contributed by atoms with Gasteiger partial charge in [-0.05, 0) is 30.2 Å². The van der Waals surface area contributed by atoms with Crippen molar-refractivity contribution in [1.82, 2.24) is 9.97 Å². The summed E-state index contributed by atoms with van der Waals surface area (Å²) in [7, 11) is 0. The highest BCUT2D eigenvalue weighted by Gasteiger charge is 2.09. The van der Waals surface area contributed by atoms with Crippen LogP contribution in [0.1, 0.15) is 16.1 Å². The molecule has 0 atom stereocenters. The fourth-order valence-corrected chi connectivity index (χ4v) is 2.32. The monoisotopic (exact) mass is 336 g/mol. The molecule has 3 rings (SSSR count). The highest BCUT2D eigenvalue weighted by molar-refractivity contribution is 6.03. The Balaban J connectivity index is 1.59. The van der Waals surface area contributed by atoms with E-state index in [1.54, 1.807) is 12.1 Å². The SMILES string of the molecule is O=C(Nc1cccc(F)c1)c1cc(NCCc2ccccc2)ncn1. The van der Waals surface area contributed by atoms with Crippen LogP contribution in [-0.2, 0) is 6.42 Å². The minimum absolute atomic E-state index is 0.210. The van der Waals surface area contributed by atoms with Crippen molar-refractivity contribution >= 4 is 17.4 Å². The number of carbonyl (C=O) groups is 1. The van der Waals surface area contributed by atoms with Crippen LogP contribution in [0.25, 0.3) is 0 Å². The molecule has 0 saturated heterocycles. The summed E-state index contributed by atoms with van der Waals surface area (Å²) >= 11 is 0. The fraction of sp³-hybridized carbons (Fsp3) is 0.105. The van der Waals surface area contributed by atoms with Gasteiger partial charge in [-0.2, -0.15) is 0 Å². The standard InChI is InChI=1S/C19H17FN4O/c20-15-7-4-8-16(11-15)24-19(25)17-12-18(23-13-22-17)21-10-9-14-5-2-1-3-6-14/h1-8,11-13H,9-10H2,(H,24,25)(H,21,22,23). The van der Waals surface area contributed by atoms with Crippen molar-refractivity contribution in [3.8, 4) is 0 Å². The second-order valence-electron chi connectivity index (χ2n) is 5.42. The first-order valence-electron chi connectivity index (χ1n) is 7.87. The number of hydrogen-bond acceptors (Lipinski definition) is 4. The highest BCUT2D eigenvalue weighted by Crippen LogP contribution is 2.12. The van der Waals surface area contributed by atoms with Crippen LogP contribution in [0.4, 0.5) is 15.9 Å². The summed E-state index contributed by atoms with van der Waals surface area (Å²) in [5, 5.41) is 5.78. The maximum atomic E-state index is 13.2. The molecule has 1 aromatic heterocycles. The Morgan fingerprint density at radius 3 is 2.64 bits per heavy atom. The van der Waals surface area contributed by atoms with Crippen LogP contribution in [0, 0.1) is 5.82 Å². The maximum absolute atomic E-state index is 13.2. The van der Waals surface area contributed by atoms with Crippen molar-refractivity contribution in [3.63, 3.8) is 0 Å². The molecule has 126 valence electrons. The average Bonchev–Trinajstić information content (AvgIpc) is 2.63. The average molecular weight is 336 g/mol. The van der Waals surface area contributed by atoms with Gasteiger partial charge in [-0.1, -0.05) is 36.4 Å². The summed E-state index contributed by atoms with van der Waals surface area (Å²) in [6, 6.07) is 17.4. The summed E-state index contributed by atoms with van der Waals surface area (Å²) in [5.74, 6) is -0.266. The number of benzene rings is 2. The van der Waals surface area contributed by atoms with Crippen LogP contribution >= 0.6 is 0 Å². The highest BCUT2D eigenvalue weighted by atomic mass is 19.1. The number of anilines is 2. The number of aromatic nitrogens is 2. The molecule has 1 heterocycles. The first-order chi connectivity index (χ1) is 12.2. The van der Waals surface area contributed by atoms with Gasteiger partial charge in [0.1, 0.15) is 23.7 Å². The largest absolute Gasteiger partial charge is 0.370 e. The van der Waals surface area contributed by atoms with Crippen molar-refractivity contribution in [2.24, 2.45) is 0 Å². The van der Waals surface area contributed by atoms with E-state index in [1.165, 1.54) is 30.1 Å². The molecule has 0 spiro atoms. The Kier molecular flexibility index (Phi) is 5.31. The third-order valence-electron chi connectivity index (χ3n) is 3.54. The van der Waals surface area contributed by atoms with E-state index >= 15 is 0 Å². The van der Waals surface area contributed by atoms with E-state index in [2.05, 4.69) is 32.7 Å². The number of carbonyl (C=O) groups excluding carboxylic acids is 1. The van der Waals surface area contributed by atoms with Gasteiger partial charge in [-0.25, -0.2) is 14.4 Å². The zero-order chi connectivity index (χ0) is 17.5. The van der Waals surface area contributed by atoms with Gasteiger partial charge in [0.2, 0.25) is 0 Å². The molecule has 0 saturated carbocycles. The van der Waals surface area contributed by atoms with Crippen molar-refractivity contribution in [2.75, 3.05) is 17.2 Å². The number of hydrogen-bond donors (Lipinski definition) is 2. The Bertz CT molecular complexity index is 855. The van der Waals surface area contributed by atoms with E-state index in [4.69, 9.17) is 0 Å². The van der Waals surface area contributed by atoms with Crippen molar-refractivity contribution in [1.29, 1.82) is 0 Å². The molecule has 0 aliphatic rings. The zero-order valence-electron chi connectivity index (χ0n) is 13.4. The summed E-state index contributed by atoms with van der Waals surface area (Å²) in [6.45, 7) is 0.686. The van der Waals surface area contributed by atoms with E-state index < -0.39 is 11.7 Å². The number of nitrogens with one attached hydrogen (secondary N) is 2. The summed E-state index contributed by atoms with van der Waals surface area (Å²) in [5.41, 5.74) is 1.80. The lowest BCUT2D eigenvalue weighted by atomic mass is 10.1. The maximum Gasteiger partial charge on any atom is 0.274 e. The summed E-state index contributed by atoms with van der Waals surface area (Å²) in [4.78, 5) is 20.3. The second-order valence-corrected chi connectivity index (χ2v) is 5.42. The normalized spacial score (nSPS) is 10.3. The van der Waals surface area contributed by atoms with E-state index in [1.807, 2.05) is 18.2 Å². The molecule has 1 amide bonds. The predicted molar refractivity (Wildman–Crippen MR) is 95.0 cm³/mol. The molecule has 0 bridgehead atoms. The second kappa shape index (κ2) is 8.01. The van der Waals surface area contributed by atoms with Gasteiger partial charge in [0.05, 0.1) is 0 Å². The Hall–Kier alpha value is -3.28. The predicted octanol–water partition coefficient (Wildman–Crippen LogP) is 3.52. The van der Waals surface area contributed by atoms with Gasteiger partial charge < -0.3 is 10.6 Å². The fourth-order valence-electron chi connectivity index (χ4n) is 2.32. The molecule has 6 heteroatoms. The van der Waals surface area contributed by atoms with Gasteiger partial charge in [-0.3, -0.25) is 4.79 Å². The van der Waals surface area contributed by atoms with Crippen molar-refractivity contribution in [2.45, 2.75) is 6.42 Å². The van der Waals surface area contributed by atoms with E-state index in [0.717, 1.165) is 6.42 Å². The van der Waals surface area contributed by atoms with Crippen LogP contribution in [0.3, 0.4) is 0 Å². The van der Waals surface area contributed by atoms with Gasteiger partial charge in [-0.15, -0.1) is 0 Å². The molecule has 0 aliphatic carbocycles. The van der Waals surface area contributed by atoms with Gasteiger partial charge in [0.25, 0.3) is 5.91 Å². The van der Waals surface area contributed by atoms with Crippen LogP contribution < -0.4 is 10.6 Å². The van der Waals surface area contributed by atoms with Crippen LogP contribution in [0.15, 0.2) is 67.0 Å². The van der Waals surface area contributed by atoms with Crippen molar-refractivity contribution < 1.29 is 9.18 Å². The third-order valence-corrected chi connectivity index (χ3v) is 3.54. The van der Waals surface area contributed by atoms with Crippen molar-refractivity contribution in [3.05, 3.63) is 84.1 Å². The molecule has 25 heavy (non-hydrogen) atoms. The number of rotatable bonds is 6. The molecular weight excluding hydrogens is 319 g/mol. The molecule has 2 aromatic carbocycles. The Morgan fingerprint density at radius 1 is 1.00 bits per heavy atom. The number of nitrogens with zero attached hydrogens (tertiary/aromatic N) is 2. The minimum Gasteiger partial charge on any atom is -0.370 e. The molecule has 3 aromatic rings. The minimum atomic E-state index is -0.417. The van der Waals surface area contributed by atoms with Gasteiger partial charge in [0, 0.05) is 18.3 Å². The molecule has 2 N–H and O–H groups in total. The van der Waals surface area contributed by atoms with E-state index in [9.17, 15) is 9.18 Å². The Morgan fingerprint density at radius 2 is 1.84 bits per heavy atom. The van der Waals surface area contributed by atoms with Gasteiger partial charge in [0.15, 0.2) is 0 Å². The molecule has 5 nitrogen and oxygen atoms in total. The number of amides is 1. The quantitative estimate of drug-likeness (QED) is 0.723. The molecule has 0 fully saturated rings. The molecular formula is C19H17FN4O. The Labute approximate surface area is 145 Å². The zero-order valence-corrected chi connectivity index (χ0v) is 13.4. The van der Waals surface area contributed by atoms with E-state index in [-0.39, 0.29) is 5.69 Å². The lowest BCUT2D eigenvalue weighted by Gasteiger charge is -2.08. The van der Waals surface area contributed by atoms with Crippen LogP contribution in [0.2, 0.25) is 0 Å². The third kappa shape index (κ3) is 4.84. The summed E-state index contributed by atoms with van der Waals surface area (Å²) in [6.07, 6.45) is 2.17. The number of halogens is 1. The first-order valence-corrected chi connectivity index (χ1v) is 7.87. The topological polar surface area (TPSA) is 66.9 Å². The molecule has 0 radical (unpaired) electrons. The lowest BCUT2D eigenvalue weighted by molar-refractivity contribution is 0.102. The lowest BCUT2D eigenvalue weighted by Crippen LogP contribution is -2.15.